The third kappa shape index (κ3) is 2.04. The highest BCUT2D eigenvalue weighted by atomic mass is 32.1. The highest BCUT2D eigenvalue weighted by Gasteiger charge is 2.31. The molecule has 0 spiro atoms. The second kappa shape index (κ2) is 3.83. The van der Waals surface area contributed by atoms with Crippen molar-refractivity contribution < 1.29 is 4.79 Å². The van der Waals surface area contributed by atoms with Gasteiger partial charge in [-0.3, -0.25) is 9.69 Å². The average Bonchev–Trinajstić information content (AvgIpc) is 2.50. The molecule has 3 heteroatoms. The lowest BCUT2D eigenvalue weighted by molar-refractivity contribution is 0.0756. The van der Waals surface area contributed by atoms with Crippen LogP contribution in [0.15, 0.2) is 11.4 Å². The van der Waals surface area contributed by atoms with E-state index < -0.39 is 5.54 Å². The molecule has 0 aliphatic rings. The molecule has 0 saturated carbocycles. The van der Waals surface area contributed by atoms with E-state index in [0.717, 1.165) is 5.56 Å². The second-order valence-electron chi connectivity index (χ2n) is 4.23. The maximum Gasteiger partial charge on any atom is 0.183 e. The molecule has 78 valence electrons. The molecule has 0 amide bonds. The number of hydrogen-bond donors (Lipinski definition) is 0. The zero-order chi connectivity index (χ0) is 10.9. The van der Waals surface area contributed by atoms with Crippen molar-refractivity contribution in [1.29, 1.82) is 0 Å². The molecule has 0 aliphatic heterocycles. The Balaban J connectivity index is 2.96. The van der Waals surface area contributed by atoms with Crippen molar-refractivity contribution in [2.24, 2.45) is 0 Å². The molecule has 0 aromatic carbocycles. The van der Waals surface area contributed by atoms with Gasteiger partial charge in [-0.15, -0.1) is 11.3 Å². The molecule has 14 heavy (non-hydrogen) atoms. The molecule has 0 N–H and O–H groups in total. The van der Waals surface area contributed by atoms with Crippen LogP contribution in [0.2, 0.25) is 0 Å². The molecular weight excluding hydrogens is 194 g/mol. The largest absolute Gasteiger partial charge is 0.297 e. The van der Waals surface area contributed by atoms with Crippen LogP contribution in [0.5, 0.6) is 0 Å². The topological polar surface area (TPSA) is 20.3 Å². The number of thiophene rings is 1. The predicted octanol–water partition coefficient (Wildman–Crippen LogP) is 2.58. The molecule has 2 nitrogen and oxygen atoms in total. The summed E-state index contributed by atoms with van der Waals surface area (Å²) in [5.74, 6) is 0.187. The van der Waals surface area contributed by atoms with Gasteiger partial charge in [0.2, 0.25) is 0 Å². The van der Waals surface area contributed by atoms with Gasteiger partial charge in [-0.25, -0.2) is 0 Å². The maximum atomic E-state index is 12.1. The van der Waals surface area contributed by atoms with Gasteiger partial charge in [0.1, 0.15) is 0 Å². The monoisotopic (exact) mass is 211 g/mol. The van der Waals surface area contributed by atoms with Gasteiger partial charge in [0.15, 0.2) is 5.78 Å². The third-order valence-electron chi connectivity index (χ3n) is 2.67. The first kappa shape index (κ1) is 11.4. The van der Waals surface area contributed by atoms with Crippen LogP contribution in [0.4, 0.5) is 0 Å². The number of Topliss-reactive ketones (excluding diaryl/α,β-unsaturated/α-hetero) is 1. The summed E-state index contributed by atoms with van der Waals surface area (Å²) in [6, 6.07) is 1.96. The van der Waals surface area contributed by atoms with E-state index in [1.165, 1.54) is 4.88 Å². The number of carbonyl (C=O) groups is 1. The summed E-state index contributed by atoms with van der Waals surface area (Å²) in [7, 11) is 3.86. The second-order valence-corrected chi connectivity index (χ2v) is 5.34. The first-order chi connectivity index (χ1) is 6.35. The fourth-order valence-electron chi connectivity index (χ4n) is 1.12. The van der Waals surface area contributed by atoms with Crippen LogP contribution in [-0.4, -0.2) is 30.3 Å². The van der Waals surface area contributed by atoms with E-state index in [9.17, 15) is 4.79 Å². The molecule has 1 aromatic rings. The fourth-order valence-corrected chi connectivity index (χ4v) is 1.80. The van der Waals surface area contributed by atoms with Gasteiger partial charge in [-0.1, -0.05) is 0 Å². The molecular formula is C11H17NOS. The zero-order valence-corrected chi connectivity index (χ0v) is 10.2. The fraction of sp³-hybridized carbons (Fsp3) is 0.545. The molecule has 0 saturated heterocycles. The first-order valence-electron chi connectivity index (χ1n) is 4.63. The molecule has 1 aromatic heterocycles. The minimum Gasteiger partial charge on any atom is -0.297 e. The van der Waals surface area contributed by atoms with Gasteiger partial charge in [-0.05, 0) is 40.9 Å². The highest BCUT2D eigenvalue weighted by Crippen LogP contribution is 2.21. The Morgan fingerprint density at radius 1 is 1.43 bits per heavy atom. The highest BCUT2D eigenvalue weighted by molar-refractivity contribution is 7.10. The molecule has 1 heterocycles. The summed E-state index contributed by atoms with van der Waals surface area (Å²) < 4.78 is 0. The van der Waals surface area contributed by atoms with Crippen molar-refractivity contribution >= 4 is 17.1 Å². The molecule has 1 rings (SSSR count). The maximum absolute atomic E-state index is 12.1. The van der Waals surface area contributed by atoms with E-state index in [1.807, 2.05) is 51.2 Å². The van der Waals surface area contributed by atoms with Crippen LogP contribution < -0.4 is 0 Å². The lowest BCUT2D eigenvalue weighted by Crippen LogP contribution is -2.45. The van der Waals surface area contributed by atoms with Crippen LogP contribution in [0.25, 0.3) is 0 Å². The number of aryl methyl sites for hydroxylation is 1. The van der Waals surface area contributed by atoms with Crippen molar-refractivity contribution in [1.82, 2.24) is 4.90 Å². The third-order valence-corrected chi connectivity index (χ3v) is 3.53. The summed E-state index contributed by atoms with van der Waals surface area (Å²) in [6.07, 6.45) is 0. The van der Waals surface area contributed by atoms with Crippen LogP contribution in [0.1, 0.15) is 29.1 Å². The van der Waals surface area contributed by atoms with Gasteiger partial charge >= 0.3 is 0 Å². The summed E-state index contributed by atoms with van der Waals surface area (Å²) in [5.41, 5.74) is 0.402. The van der Waals surface area contributed by atoms with Crippen molar-refractivity contribution in [3.8, 4) is 0 Å². The smallest absolute Gasteiger partial charge is 0.183 e. The van der Waals surface area contributed by atoms with E-state index in [1.54, 1.807) is 11.3 Å². The average molecular weight is 211 g/mol. The van der Waals surface area contributed by atoms with Gasteiger partial charge in [-0.2, -0.15) is 0 Å². The minimum absolute atomic E-state index is 0.187. The predicted molar refractivity (Wildman–Crippen MR) is 61.2 cm³/mol. The Morgan fingerprint density at radius 3 is 2.36 bits per heavy atom. The van der Waals surface area contributed by atoms with E-state index in [2.05, 4.69) is 0 Å². The molecule has 0 aliphatic carbocycles. The Labute approximate surface area is 89.5 Å². The lowest BCUT2D eigenvalue weighted by atomic mass is 9.93. The van der Waals surface area contributed by atoms with Crippen molar-refractivity contribution in [2.75, 3.05) is 14.1 Å². The molecule has 0 radical (unpaired) electrons. The standard InChI is InChI=1S/C11H17NOS/c1-8-6-9(7-14-8)10(13)11(2,3)12(4)5/h6-7H,1-5H3. The number of likely N-dealkylation sites (N-methyl/N-ethyl adjacent to an activating group) is 1. The van der Waals surface area contributed by atoms with Gasteiger partial charge in [0.25, 0.3) is 0 Å². The van der Waals surface area contributed by atoms with Crippen molar-refractivity contribution in [3.05, 3.63) is 21.9 Å². The molecule has 0 fully saturated rings. The number of nitrogens with zero attached hydrogens (tertiary/aromatic N) is 1. The summed E-state index contributed by atoms with van der Waals surface area (Å²) >= 11 is 1.62. The van der Waals surface area contributed by atoms with E-state index in [0.29, 0.717) is 0 Å². The Bertz CT molecular complexity index is 339. The van der Waals surface area contributed by atoms with E-state index in [-0.39, 0.29) is 5.78 Å². The first-order valence-corrected chi connectivity index (χ1v) is 5.51. The summed E-state index contributed by atoms with van der Waals surface area (Å²) in [6.45, 7) is 5.91. The van der Waals surface area contributed by atoms with Gasteiger partial charge < -0.3 is 0 Å². The van der Waals surface area contributed by atoms with Crippen molar-refractivity contribution in [2.45, 2.75) is 26.3 Å². The number of hydrogen-bond acceptors (Lipinski definition) is 3. The number of ketones is 1. The number of rotatable bonds is 3. The SMILES string of the molecule is Cc1cc(C(=O)C(C)(C)N(C)C)cs1. The lowest BCUT2D eigenvalue weighted by Gasteiger charge is -2.30. The quantitative estimate of drug-likeness (QED) is 0.716. The van der Waals surface area contributed by atoms with Gasteiger partial charge in [0, 0.05) is 15.8 Å². The summed E-state index contributed by atoms with van der Waals surface area (Å²) in [5, 5.41) is 1.93. The molecule has 0 atom stereocenters. The van der Waals surface area contributed by atoms with E-state index in [4.69, 9.17) is 0 Å². The Hall–Kier alpha value is -0.670. The zero-order valence-electron chi connectivity index (χ0n) is 9.42. The van der Waals surface area contributed by atoms with Crippen LogP contribution in [0, 0.1) is 6.92 Å². The molecule has 0 bridgehead atoms. The summed E-state index contributed by atoms with van der Waals surface area (Å²) in [4.78, 5) is 15.2. The van der Waals surface area contributed by atoms with Crippen LogP contribution in [-0.2, 0) is 0 Å². The normalized spacial score (nSPS) is 12.1. The number of carbonyl (C=O) groups excluding carboxylic acids is 1. The minimum atomic E-state index is -0.423. The van der Waals surface area contributed by atoms with E-state index >= 15 is 0 Å². The van der Waals surface area contributed by atoms with Crippen LogP contribution in [0.3, 0.4) is 0 Å². The van der Waals surface area contributed by atoms with Crippen LogP contribution >= 0.6 is 11.3 Å². The Kier molecular flexibility index (Phi) is 3.12. The molecule has 0 unspecified atom stereocenters. The van der Waals surface area contributed by atoms with Gasteiger partial charge in [0.05, 0.1) is 5.54 Å². The Morgan fingerprint density at radius 2 is 2.00 bits per heavy atom. The van der Waals surface area contributed by atoms with Crippen molar-refractivity contribution in [3.63, 3.8) is 0 Å².